The number of carbonyl (C=O) groups is 1. The van der Waals surface area contributed by atoms with Gasteiger partial charge in [0.15, 0.2) is 0 Å². The molecule has 0 aliphatic carbocycles. The zero-order valence-corrected chi connectivity index (χ0v) is 14.7. The second kappa shape index (κ2) is 6.11. The standard InChI is InChI=1S/C16H8Cl2N4O2S/c17-7-1-2-9(8(18)5-7)21-14-12-10(19-6-20-14)3-4-11-13(12)25-15(22-11)16(23)24/h1-6H,(H,23,24)(H,19,20,21). The third kappa shape index (κ3) is 2.86. The van der Waals surface area contributed by atoms with Crippen LogP contribution in [0.1, 0.15) is 9.80 Å². The number of halogens is 2. The highest BCUT2D eigenvalue weighted by atomic mass is 35.5. The van der Waals surface area contributed by atoms with E-state index < -0.39 is 5.97 Å². The Morgan fingerprint density at radius 1 is 1.12 bits per heavy atom. The van der Waals surface area contributed by atoms with E-state index in [0.717, 1.165) is 11.3 Å². The lowest BCUT2D eigenvalue weighted by atomic mass is 10.2. The normalized spacial score (nSPS) is 11.1. The molecule has 2 heterocycles. The van der Waals surface area contributed by atoms with Gasteiger partial charge >= 0.3 is 5.97 Å². The van der Waals surface area contributed by atoms with Crippen LogP contribution in [-0.2, 0) is 0 Å². The summed E-state index contributed by atoms with van der Waals surface area (Å²) in [6.45, 7) is 0. The maximum atomic E-state index is 11.2. The molecule has 4 aromatic rings. The van der Waals surface area contributed by atoms with Crippen molar-refractivity contribution >= 4 is 73.1 Å². The van der Waals surface area contributed by atoms with Gasteiger partial charge in [-0.2, -0.15) is 0 Å². The molecule has 0 saturated heterocycles. The molecule has 0 amide bonds. The summed E-state index contributed by atoms with van der Waals surface area (Å²) in [5, 5.41) is 14.0. The largest absolute Gasteiger partial charge is 0.476 e. The van der Waals surface area contributed by atoms with Crippen molar-refractivity contribution in [2.45, 2.75) is 0 Å². The molecule has 2 N–H and O–H groups in total. The monoisotopic (exact) mass is 390 g/mol. The van der Waals surface area contributed by atoms with Crippen molar-refractivity contribution in [1.82, 2.24) is 15.0 Å². The second-order valence-electron chi connectivity index (χ2n) is 5.10. The second-order valence-corrected chi connectivity index (χ2v) is 6.95. The van der Waals surface area contributed by atoms with Gasteiger partial charge in [-0.05, 0) is 30.3 Å². The average molecular weight is 391 g/mol. The molecule has 0 atom stereocenters. The van der Waals surface area contributed by atoms with Crippen LogP contribution in [0.15, 0.2) is 36.7 Å². The Kier molecular flexibility index (Phi) is 3.91. The first-order valence-electron chi connectivity index (χ1n) is 7.02. The zero-order valence-electron chi connectivity index (χ0n) is 12.3. The van der Waals surface area contributed by atoms with Crippen molar-refractivity contribution < 1.29 is 9.90 Å². The number of hydrogen-bond donors (Lipinski definition) is 2. The van der Waals surface area contributed by atoms with Crippen LogP contribution in [0.25, 0.3) is 21.1 Å². The van der Waals surface area contributed by atoms with Gasteiger partial charge in [-0.1, -0.05) is 23.2 Å². The van der Waals surface area contributed by atoms with E-state index in [4.69, 9.17) is 23.2 Å². The highest BCUT2D eigenvalue weighted by Crippen LogP contribution is 2.35. The van der Waals surface area contributed by atoms with Crippen molar-refractivity contribution in [2.24, 2.45) is 0 Å². The quantitative estimate of drug-likeness (QED) is 0.512. The smallest absolute Gasteiger partial charge is 0.365 e. The Hall–Kier alpha value is -2.48. The number of fused-ring (bicyclic) bond motifs is 3. The minimum Gasteiger partial charge on any atom is -0.476 e. The molecule has 0 fully saturated rings. The van der Waals surface area contributed by atoms with Gasteiger partial charge in [0, 0.05) is 5.02 Å². The highest BCUT2D eigenvalue weighted by Gasteiger charge is 2.16. The summed E-state index contributed by atoms with van der Waals surface area (Å²) in [4.78, 5) is 23.9. The van der Waals surface area contributed by atoms with Gasteiger partial charge in [0.2, 0.25) is 5.01 Å². The number of carboxylic acids is 1. The lowest BCUT2D eigenvalue weighted by molar-refractivity contribution is 0.0696. The lowest BCUT2D eigenvalue weighted by Crippen LogP contribution is -1.96. The van der Waals surface area contributed by atoms with E-state index in [1.807, 2.05) is 0 Å². The van der Waals surface area contributed by atoms with E-state index in [0.29, 0.717) is 42.7 Å². The fourth-order valence-corrected chi connectivity index (χ4v) is 3.84. The van der Waals surface area contributed by atoms with E-state index in [9.17, 15) is 9.90 Å². The minimum absolute atomic E-state index is 0.0156. The number of aromatic carboxylic acids is 1. The predicted molar refractivity (Wildman–Crippen MR) is 99.4 cm³/mol. The molecule has 2 aromatic heterocycles. The topological polar surface area (TPSA) is 88.0 Å². The molecule has 0 aliphatic heterocycles. The average Bonchev–Trinajstić information content (AvgIpc) is 3.02. The molecule has 0 aliphatic rings. The number of nitrogens with zero attached hydrogens (tertiary/aromatic N) is 3. The maximum absolute atomic E-state index is 11.2. The van der Waals surface area contributed by atoms with Crippen LogP contribution in [0.4, 0.5) is 11.5 Å². The first-order valence-corrected chi connectivity index (χ1v) is 8.60. The summed E-state index contributed by atoms with van der Waals surface area (Å²) in [5.41, 5.74) is 1.89. The maximum Gasteiger partial charge on any atom is 0.365 e. The Bertz CT molecular complexity index is 1150. The Balaban J connectivity index is 1.93. The van der Waals surface area contributed by atoms with Crippen LogP contribution in [0.2, 0.25) is 10.0 Å². The first kappa shape index (κ1) is 16.0. The number of carboxylic acid groups (broad SMARTS) is 1. The highest BCUT2D eigenvalue weighted by molar-refractivity contribution is 7.21. The van der Waals surface area contributed by atoms with Crippen LogP contribution in [0.5, 0.6) is 0 Å². The molecular weight excluding hydrogens is 383 g/mol. The number of benzene rings is 2. The summed E-state index contributed by atoms with van der Waals surface area (Å²) < 4.78 is 0.697. The van der Waals surface area contributed by atoms with Gasteiger partial charge < -0.3 is 10.4 Å². The molecule has 0 saturated carbocycles. The molecule has 124 valence electrons. The first-order chi connectivity index (χ1) is 12.0. The van der Waals surface area contributed by atoms with Gasteiger partial charge in [0.25, 0.3) is 0 Å². The van der Waals surface area contributed by atoms with Crippen molar-refractivity contribution in [3.05, 3.63) is 51.7 Å². The summed E-state index contributed by atoms with van der Waals surface area (Å²) in [7, 11) is 0. The number of anilines is 2. The van der Waals surface area contributed by atoms with Crippen LogP contribution >= 0.6 is 34.5 Å². The number of thiazole rings is 1. The third-order valence-electron chi connectivity index (χ3n) is 3.52. The zero-order chi connectivity index (χ0) is 17.6. The molecule has 0 bridgehead atoms. The molecule has 4 rings (SSSR count). The van der Waals surface area contributed by atoms with Crippen molar-refractivity contribution in [2.75, 3.05) is 5.32 Å². The van der Waals surface area contributed by atoms with Crippen molar-refractivity contribution in [3.63, 3.8) is 0 Å². The lowest BCUT2D eigenvalue weighted by Gasteiger charge is -2.10. The molecule has 2 aromatic carbocycles. The molecule has 0 radical (unpaired) electrons. The van der Waals surface area contributed by atoms with Gasteiger partial charge in [0.05, 0.1) is 31.8 Å². The van der Waals surface area contributed by atoms with Gasteiger partial charge in [0.1, 0.15) is 12.1 Å². The van der Waals surface area contributed by atoms with E-state index >= 15 is 0 Å². The molecule has 0 unspecified atom stereocenters. The number of hydrogen-bond acceptors (Lipinski definition) is 6. The number of nitrogens with one attached hydrogen (secondary N) is 1. The number of aromatic nitrogens is 3. The van der Waals surface area contributed by atoms with E-state index in [-0.39, 0.29) is 5.01 Å². The van der Waals surface area contributed by atoms with Crippen LogP contribution < -0.4 is 5.32 Å². The van der Waals surface area contributed by atoms with Gasteiger partial charge in [-0.3, -0.25) is 0 Å². The summed E-state index contributed by atoms with van der Waals surface area (Å²) in [6, 6.07) is 8.60. The predicted octanol–water partition coefficient (Wildman–Crippen LogP) is 4.99. The molecule has 25 heavy (non-hydrogen) atoms. The van der Waals surface area contributed by atoms with E-state index in [2.05, 4.69) is 20.3 Å². The Morgan fingerprint density at radius 3 is 2.68 bits per heavy atom. The summed E-state index contributed by atoms with van der Waals surface area (Å²) in [6.07, 6.45) is 1.43. The van der Waals surface area contributed by atoms with Crippen molar-refractivity contribution in [3.8, 4) is 0 Å². The number of rotatable bonds is 3. The van der Waals surface area contributed by atoms with Gasteiger partial charge in [-0.15, -0.1) is 11.3 Å². The molecular formula is C16H8Cl2N4O2S. The van der Waals surface area contributed by atoms with E-state index in [1.54, 1.807) is 30.3 Å². The van der Waals surface area contributed by atoms with Crippen LogP contribution in [-0.4, -0.2) is 26.0 Å². The fourth-order valence-electron chi connectivity index (χ4n) is 2.44. The fraction of sp³-hybridized carbons (Fsp3) is 0. The van der Waals surface area contributed by atoms with Crippen molar-refractivity contribution in [1.29, 1.82) is 0 Å². The summed E-state index contributed by atoms with van der Waals surface area (Å²) in [5.74, 6) is -0.554. The molecule has 6 nitrogen and oxygen atoms in total. The SMILES string of the molecule is O=C(O)c1nc2ccc3ncnc(Nc4ccc(Cl)cc4Cl)c3c2s1. The molecule has 0 spiro atoms. The third-order valence-corrected chi connectivity index (χ3v) is 5.15. The van der Waals surface area contributed by atoms with E-state index in [1.165, 1.54) is 6.33 Å². The van der Waals surface area contributed by atoms with Crippen LogP contribution in [0.3, 0.4) is 0 Å². The minimum atomic E-state index is -1.07. The van der Waals surface area contributed by atoms with Crippen LogP contribution in [0, 0.1) is 0 Å². The summed E-state index contributed by atoms with van der Waals surface area (Å²) >= 11 is 13.2. The molecule has 9 heteroatoms. The Labute approximate surface area is 155 Å². The van der Waals surface area contributed by atoms with Gasteiger partial charge in [-0.25, -0.2) is 19.7 Å². The Morgan fingerprint density at radius 2 is 1.92 bits per heavy atom.